The first-order valence-corrected chi connectivity index (χ1v) is 7.23. The fourth-order valence-electron chi connectivity index (χ4n) is 2.88. The van der Waals surface area contributed by atoms with Gasteiger partial charge in [0.2, 0.25) is 0 Å². The number of morpholine rings is 1. The third-order valence-electron chi connectivity index (χ3n) is 4.29. The number of aliphatic hydroxyl groups excluding tert-OH is 1. The fraction of sp³-hybridized carbons (Fsp3) is 0.562. The molecule has 1 aromatic rings. The van der Waals surface area contributed by atoms with Crippen LogP contribution in [0.15, 0.2) is 24.3 Å². The largest absolute Gasteiger partial charge is 0.465 e. The van der Waals surface area contributed by atoms with Crippen molar-refractivity contribution in [2.24, 2.45) is 5.41 Å². The second kappa shape index (κ2) is 5.85. The highest BCUT2D eigenvalue weighted by atomic mass is 19.1. The molecule has 122 valence electrons. The van der Waals surface area contributed by atoms with E-state index < -0.39 is 29.0 Å². The van der Waals surface area contributed by atoms with Crippen molar-refractivity contribution in [3.63, 3.8) is 0 Å². The second-order valence-electron chi connectivity index (χ2n) is 6.65. The molecule has 22 heavy (non-hydrogen) atoms. The highest BCUT2D eigenvalue weighted by molar-refractivity contribution is 5.65. The van der Waals surface area contributed by atoms with Crippen molar-refractivity contribution >= 4 is 6.09 Å². The minimum atomic E-state index is -1.14. The molecule has 2 N–H and O–H groups in total. The van der Waals surface area contributed by atoms with E-state index in [0.717, 1.165) is 0 Å². The Balaban J connectivity index is 2.44. The predicted octanol–water partition coefficient (Wildman–Crippen LogP) is 2.65. The van der Waals surface area contributed by atoms with Crippen LogP contribution in [0.3, 0.4) is 0 Å². The van der Waals surface area contributed by atoms with E-state index in [1.54, 1.807) is 6.07 Å². The van der Waals surface area contributed by atoms with Gasteiger partial charge in [-0.05, 0) is 23.1 Å². The third-order valence-corrected chi connectivity index (χ3v) is 4.29. The number of aliphatic hydroxyl groups is 1. The Kier molecular flexibility index (Phi) is 4.44. The molecule has 0 aromatic heterocycles. The standard InChI is InChI=1S/C16H22FNO4/c1-15(2,3)16(10-18(14(20)21)7-8-22-16)13(19)11-5-4-6-12(17)9-11/h4-6,9,13,19H,7-8,10H2,1-3H3,(H,20,21)/t13-,16-/m1/s1. The minimum Gasteiger partial charge on any atom is -0.465 e. The summed E-state index contributed by atoms with van der Waals surface area (Å²) in [7, 11) is 0. The average Bonchev–Trinajstić information content (AvgIpc) is 2.45. The van der Waals surface area contributed by atoms with Crippen LogP contribution in [-0.2, 0) is 4.74 Å². The summed E-state index contributed by atoms with van der Waals surface area (Å²) in [4.78, 5) is 12.5. The molecule has 0 bridgehead atoms. The van der Waals surface area contributed by atoms with E-state index in [9.17, 15) is 19.4 Å². The van der Waals surface area contributed by atoms with Gasteiger partial charge < -0.3 is 19.8 Å². The summed E-state index contributed by atoms with van der Waals surface area (Å²) in [5.74, 6) is -0.452. The summed E-state index contributed by atoms with van der Waals surface area (Å²) in [6.07, 6.45) is -2.19. The Morgan fingerprint density at radius 1 is 1.45 bits per heavy atom. The van der Waals surface area contributed by atoms with Crippen LogP contribution in [0.1, 0.15) is 32.4 Å². The molecule has 0 spiro atoms. The van der Waals surface area contributed by atoms with Gasteiger partial charge in [0.15, 0.2) is 0 Å². The van der Waals surface area contributed by atoms with Gasteiger partial charge in [-0.25, -0.2) is 9.18 Å². The topological polar surface area (TPSA) is 70.0 Å². The van der Waals surface area contributed by atoms with E-state index >= 15 is 0 Å². The van der Waals surface area contributed by atoms with Gasteiger partial charge in [-0.1, -0.05) is 32.9 Å². The number of hydrogen-bond acceptors (Lipinski definition) is 3. The third kappa shape index (κ3) is 2.94. The van der Waals surface area contributed by atoms with E-state index in [2.05, 4.69) is 0 Å². The first kappa shape index (κ1) is 16.7. The zero-order valence-electron chi connectivity index (χ0n) is 13.0. The normalized spacial score (nSPS) is 24.1. The van der Waals surface area contributed by atoms with Crippen LogP contribution in [0.4, 0.5) is 9.18 Å². The summed E-state index contributed by atoms with van der Waals surface area (Å²) in [5.41, 5.74) is -1.31. The molecular weight excluding hydrogens is 289 g/mol. The SMILES string of the molecule is CC(C)(C)[C@]1([C@H](O)c2cccc(F)c2)CN(C(=O)O)CCO1. The van der Waals surface area contributed by atoms with Gasteiger partial charge in [0, 0.05) is 6.54 Å². The molecule has 1 fully saturated rings. The number of rotatable bonds is 2. The smallest absolute Gasteiger partial charge is 0.407 e. The molecule has 2 rings (SSSR count). The Morgan fingerprint density at radius 2 is 2.14 bits per heavy atom. The first-order chi connectivity index (χ1) is 10.2. The molecule has 0 radical (unpaired) electrons. The Bertz CT molecular complexity index is 557. The molecule has 1 aliphatic heterocycles. The lowest BCUT2D eigenvalue weighted by molar-refractivity contribution is -0.213. The van der Waals surface area contributed by atoms with Crippen LogP contribution in [0.2, 0.25) is 0 Å². The summed E-state index contributed by atoms with van der Waals surface area (Å²) in [6.45, 7) is 6.10. The first-order valence-electron chi connectivity index (χ1n) is 7.23. The van der Waals surface area contributed by atoms with Crippen molar-refractivity contribution in [1.29, 1.82) is 0 Å². The monoisotopic (exact) mass is 311 g/mol. The highest BCUT2D eigenvalue weighted by Crippen LogP contribution is 2.45. The van der Waals surface area contributed by atoms with Crippen LogP contribution in [-0.4, -0.2) is 46.5 Å². The van der Waals surface area contributed by atoms with Crippen molar-refractivity contribution in [2.75, 3.05) is 19.7 Å². The van der Waals surface area contributed by atoms with Gasteiger partial charge in [-0.15, -0.1) is 0 Å². The zero-order valence-corrected chi connectivity index (χ0v) is 13.0. The maximum Gasteiger partial charge on any atom is 0.407 e. The van der Waals surface area contributed by atoms with Gasteiger partial charge in [-0.2, -0.15) is 0 Å². The van der Waals surface area contributed by atoms with Crippen molar-refractivity contribution in [3.05, 3.63) is 35.6 Å². The number of amides is 1. The molecule has 1 heterocycles. The lowest BCUT2D eigenvalue weighted by atomic mass is 9.70. The molecule has 1 aromatic carbocycles. The maximum atomic E-state index is 13.5. The van der Waals surface area contributed by atoms with Gasteiger partial charge in [0.1, 0.15) is 17.5 Å². The summed E-state index contributed by atoms with van der Waals surface area (Å²) < 4.78 is 19.4. The van der Waals surface area contributed by atoms with Crippen molar-refractivity contribution < 1.29 is 24.1 Å². The number of nitrogens with zero attached hydrogens (tertiary/aromatic N) is 1. The highest BCUT2D eigenvalue weighted by Gasteiger charge is 2.53. The van der Waals surface area contributed by atoms with Gasteiger partial charge in [0.25, 0.3) is 0 Å². The molecule has 6 heteroatoms. The molecule has 0 unspecified atom stereocenters. The predicted molar refractivity (Wildman–Crippen MR) is 79.1 cm³/mol. The molecule has 2 atom stereocenters. The van der Waals surface area contributed by atoms with Gasteiger partial charge in [0.05, 0.1) is 13.2 Å². The van der Waals surface area contributed by atoms with E-state index in [4.69, 9.17) is 4.74 Å². The average molecular weight is 311 g/mol. The van der Waals surface area contributed by atoms with E-state index in [-0.39, 0.29) is 19.7 Å². The molecule has 0 saturated carbocycles. The Labute approximate surface area is 129 Å². The number of ether oxygens (including phenoxy) is 1. The molecule has 5 nitrogen and oxygen atoms in total. The number of benzene rings is 1. The number of carboxylic acid groups (broad SMARTS) is 1. The van der Waals surface area contributed by atoms with Crippen molar-refractivity contribution in [2.45, 2.75) is 32.5 Å². The van der Waals surface area contributed by atoms with E-state index in [1.165, 1.54) is 23.1 Å². The summed E-state index contributed by atoms with van der Waals surface area (Å²) >= 11 is 0. The quantitative estimate of drug-likeness (QED) is 0.881. The van der Waals surface area contributed by atoms with Crippen LogP contribution in [0, 0.1) is 11.2 Å². The van der Waals surface area contributed by atoms with Crippen LogP contribution in [0.25, 0.3) is 0 Å². The second-order valence-corrected chi connectivity index (χ2v) is 6.65. The zero-order chi connectivity index (χ0) is 16.5. The number of hydrogen-bond donors (Lipinski definition) is 2. The maximum absolute atomic E-state index is 13.5. The summed E-state index contributed by atoms with van der Waals surface area (Å²) in [6, 6.07) is 5.68. The van der Waals surface area contributed by atoms with Gasteiger partial charge in [-0.3, -0.25) is 0 Å². The number of carbonyl (C=O) groups is 1. The van der Waals surface area contributed by atoms with E-state index in [1.807, 2.05) is 20.8 Å². The fourth-order valence-corrected chi connectivity index (χ4v) is 2.88. The number of halogens is 1. The lowest BCUT2D eigenvalue weighted by Crippen LogP contribution is -2.62. The van der Waals surface area contributed by atoms with Crippen LogP contribution in [0.5, 0.6) is 0 Å². The van der Waals surface area contributed by atoms with Crippen molar-refractivity contribution in [1.82, 2.24) is 4.90 Å². The van der Waals surface area contributed by atoms with Gasteiger partial charge >= 0.3 is 6.09 Å². The Hall–Kier alpha value is -1.66. The summed E-state index contributed by atoms with van der Waals surface area (Å²) in [5, 5.41) is 20.1. The van der Waals surface area contributed by atoms with Crippen LogP contribution >= 0.6 is 0 Å². The van der Waals surface area contributed by atoms with Crippen molar-refractivity contribution in [3.8, 4) is 0 Å². The Morgan fingerprint density at radius 3 is 2.68 bits per heavy atom. The molecule has 0 aliphatic carbocycles. The molecule has 1 amide bonds. The van der Waals surface area contributed by atoms with E-state index in [0.29, 0.717) is 5.56 Å². The molecular formula is C16H22FNO4. The molecule has 1 aliphatic rings. The van der Waals surface area contributed by atoms with Crippen LogP contribution < -0.4 is 0 Å². The minimum absolute atomic E-state index is 0.0313. The lowest BCUT2D eigenvalue weighted by Gasteiger charge is -2.52. The molecule has 1 saturated heterocycles.